The topological polar surface area (TPSA) is 64.6 Å². The van der Waals surface area contributed by atoms with Gasteiger partial charge in [0.25, 0.3) is 0 Å². The van der Waals surface area contributed by atoms with Crippen LogP contribution in [-0.2, 0) is 27.2 Å². The van der Waals surface area contributed by atoms with E-state index in [2.05, 4.69) is 5.32 Å². The van der Waals surface area contributed by atoms with Gasteiger partial charge in [-0.1, -0.05) is 60.1 Å². The van der Waals surface area contributed by atoms with Gasteiger partial charge in [-0.05, 0) is 34.0 Å². The molecule has 3 aromatic rings. The Morgan fingerprint density at radius 1 is 0.966 bits per heavy atom. The normalized spacial score (nSPS) is 11.7. The quantitative estimate of drug-likeness (QED) is 0.598. The zero-order chi connectivity index (χ0) is 20.8. The third-order valence-corrected chi connectivity index (χ3v) is 4.95. The van der Waals surface area contributed by atoms with Crippen molar-refractivity contribution in [1.29, 1.82) is 0 Å². The van der Waals surface area contributed by atoms with Crippen molar-refractivity contribution in [2.45, 2.75) is 18.9 Å². The summed E-state index contributed by atoms with van der Waals surface area (Å²) in [4.78, 5) is 24.8. The Balaban J connectivity index is 1.71. The molecule has 0 aliphatic heterocycles. The van der Waals surface area contributed by atoms with Crippen molar-refractivity contribution in [2.24, 2.45) is 0 Å². The van der Waals surface area contributed by atoms with E-state index in [1.54, 1.807) is 18.2 Å². The smallest absolute Gasteiger partial charge is 0.328 e. The van der Waals surface area contributed by atoms with Crippen molar-refractivity contribution >= 4 is 34.2 Å². The Labute approximate surface area is 174 Å². The maximum Gasteiger partial charge on any atom is 0.328 e. The average Bonchev–Trinajstić information content (AvgIpc) is 2.72. The molecule has 0 heterocycles. The molecule has 29 heavy (non-hydrogen) atoms. The zero-order valence-electron chi connectivity index (χ0n) is 16.3. The highest BCUT2D eigenvalue weighted by atomic mass is 35.5. The summed E-state index contributed by atoms with van der Waals surface area (Å²) in [6.45, 7) is 0. The van der Waals surface area contributed by atoms with Gasteiger partial charge in [0.2, 0.25) is 5.91 Å². The van der Waals surface area contributed by atoms with E-state index >= 15 is 0 Å². The van der Waals surface area contributed by atoms with Crippen LogP contribution in [-0.4, -0.2) is 32.1 Å². The predicted molar refractivity (Wildman–Crippen MR) is 113 cm³/mol. The first-order valence-electron chi connectivity index (χ1n) is 9.17. The Bertz CT molecular complexity index is 1030. The first-order chi connectivity index (χ1) is 14.0. The molecule has 150 valence electrons. The first kappa shape index (κ1) is 20.7. The molecule has 5 nitrogen and oxygen atoms in total. The van der Waals surface area contributed by atoms with Crippen molar-refractivity contribution in [2.75, 3.05) is 14.2 Å². The van der Waals surface area contributed by atoms with Gasteiger partial charge in [0.1, 0.15) is 11.8 Å². The van der Waals surface area contributed by atoms with E-state index in [9.17, 15) is 9.59 Å². The molecule has 0 saturated heterocycles. The van der Waals surface area contributed by atoms with Crippen LogP contribution < -0.4 is 10.1 Å². The average molecular weight is 412 g/mol. The van der Waals surface area contributed by atoms with Crippen molar-refractivity contribution in [3.05, 3.63) is 76.8 Å². The molecule has 0 fully saturated rings. The Morgan fingerprint density at radius 3 is 2.38 bits per heavy atom. The largest absolute Gasteiger partial charge is 0.495 e. The Morgan fingerprint density at radius 2 is 1.69 bits per heavy atom. The standard InChI is InChI=1S/C23H22ClNO4/c1-28-21-10-8-16(12-19(21)24)13-20(23(27)29-2)25-22(26)14-15-7-9-17-5-3-4-6-18(17)11-15/h3-12,20H,13-14H2,1-2H3,(H,25,26)/t20-/m0/s1. The lowest BCUT2D eigenvalue weighted by Gasteiger charge is -2.17. The predicted octanol–water partition coefficient (Wildman–Crippen LogP) is 3.94. The number of ether oxygens (including phenoxy) is 2. The molecule has 1 atom stereocenters. The molecule has 0 saturated carbocycles. The number of nitrogens with one attached hydrogen (secondary N) is 1. The van der Waals surface area contributed by atoms with Crippen LogP contribution in [0.5, 0.6) is 5.75 Å². The Hall–Kier alpha value is -3.05. The molecule has 0 aromatic heterocycles. The lowest BCUT2D eigenvalue weighted by molar-refractivity contribution is -0.145. The van der Waals surface area contributed by atoms with Crippen LogP contribution in [0.2, 0.25) is 5.02 Å². The summed E-state index contributed by atoms with van der Waals surface area (Å²) in [6, 6.07) is 18.3. The maximum absolute atomic E-state index is 12.6. The third-order valence-electron chi connectivity index (χ3n) is 4.66. The molecule has 6 heteroatoms. The fourth-order valence-electron chi connectivity index (χ4n) is 3.19. The number of hydrogen-bond acceptors (Lipinski definition) is 4. The van der Waals surface area contributed by atoms with E-state index in [1.165, 1.54) is 14.2 Å². The molecule has 0 spiro atoms. The minimum Gasteiger partial charge on any atom is -0.495 e. The minimum absolute atomic E-state index is 0.168. The number of fused-ring (bicyclic) bond motifs is 1. The van der Waals surface area contributed by atoms with Gasteiger partial charge in [-0.2, -0.15) is 0 Å². The molecule has 3 rings (SSSR count). The second-order valence-corrected chi connectivity index (χ2v) is 7.08. The number of halogens is 1. The molecule has 0 unspecified atom stereocenters. The van der Waals surface area contributed by atoms with Crippen LogP contribution >= 0.6 is 11.6 Å². The van der Waals surface area contributed by atoms with Crippen LogP contribution in [0.15, 0.2) is 60.7 Å². The summed E-state index contributed by atoms with van der Waals surface area (Å²) in [5.74, 6) is -0.218. The molecule has 0 aliphatic rings. The highest BCUT2D eigenvalue weighted by Gasteiger charge is 2.22. The summed E-state index contributed by atoms with van der Waals surface area (Å²) in [5, 5.41) is 5.39. The summed E-state index contributed by atoms with van der Waals surface area (Å²) in [5.41, 5.74) is 1.66. The molecule has 3 aromatic carbocycles. The van der Waals surface area contributed by atoms with Crippen LogP contribution in [0.25, 0.3) is 10.8 Å². The summed E-state index contributed by atoms with van der Waals surface area (Å²) in [7, 11) is 2.83. The van der Waals surface area contributed by atoms with Gasteiger partial charge in [-0.15, -0.1) is 0 Å². The number of amides is 1. The van der Waals surface area contributed by atoms with E-state index < -0.39 is 12.0 Å². The van der Waals surface area contributed by atoms with Crippen LogP contribution in [0.3, 0.4) is 0 Å². The number of benzene rings is 3. The van der Waals surface area contributed by atoms with Gasteiger partial charge in [0.05, 0.1) is 25.7 Å². The van der Waals surface area contributed by atoms with Gasteiger partial charge in [0, 0.05) is 6.42 Å². The molecule has 0 radical (unpaired) electrons. The fraction of sp³-hybridized carbons (Fsp3) is 0.217. The van der Waals surface area contributed by atoms with E-state index in [-0.39, 0.29) is 18.7 Å². The fourth-order valence-corrected chi connectivity index (χ4v) is 3.47. The number of esters is 1. The van der Waals surface area contributed by atoms with Crippen molar-refractivity contribution in [3.8, 4) is 5.75 Å². The van der Waals surface area contributed by atoms with Gasteiger partial charge >= 0.3 is 5.97 Å². The molecular weight excluding hydrogens is 390 g/mol. The first-order valence-corrected chi connectivity index (χ1v) is 9.55. The summed E-state index contributed by atoms with van der Waals surface area (Å²) < 4.78 is 10.00. The highest BCUT2D eigenvalue weighted by Crippen LogP contribution is 2.25. The lowest BCUT2D eigenvalue weighted by Crippen LogP contribution is -2.43. The number of rotatable bonds is 7. The molecule has 0 bridgehead atoms. The zero-order valence-corrected chi connectivity index (χ0v) is 17.0. The second-order valence-electron chi connectivity index (χ2n) is 6.67. The molecular formula is C23H22ClNO4. The van der Waals surface area contributed by atoms with Crippen molar-refractivity contribution in [3.63, 3.8) is 0 Å². The number of carbonyl (C=O) groups is 2. The maximum atomic E-state index is 12.6. The van der Waals surface area contributed by atoms with E-state index in [0.717, 1.165) is 21.9 Å². The van der Waals surface area contributed by atoms with Crippen molar-refractivity contribution < 1.29 is 19.1 Å². The number of hydrogen-bond donors (Lipinski definition) is 1. The summed E-state index contributed by atoms with van der Waals surface area (Å²) >= 11 is 6.16. The minimum atomic E-state index is -0.808. The van der Waals surface area contributed by atoms with E-state index in [4.69, 9.17) is 21.1 Å². The van der Waals surface area contributed by atoms with Gasteiger partial charge < -0.3 is 14.8 Å². The SMILES string of the molecule is COC(=O)[C@H](Cc1ccc(OC)c(Cl)c1)NC(=O)Cc1ccc2ccccc2c1. The van der Waals surface area contributed by atoms with Gasteiger partial charge in [0.15, 0.2) is 0 Å². The second kappa shape index (κ2) is 9.43. The Kier molecular flexibility index (Phi) is 6.73. The van der Waals surface area contributed by atoms with Crippen LogP contribution in [0.4, 0.5) is 0 Å². The van der Waals surface area contributed by atoms with E-state index in [0.29, 0.717) is 10.8 Å². The summed E-state index contributed by atoms with van der Waals surface area (Å²) in [6.07, 6.45) is 0.432. The highest BCUT2D eigenvalue weighted by molar-refractivity contribution is 6.32. The van der Waals surface area contributed by atoms with Gasteiger partial charge in [-0.3, -0.25) is 4.79 Å². The van der Waals surface area contributed by atoms with Gasteiger partial charge in [-0.25, -0.2) is 4.79 Å². The van der Waals surface area contributed by atoms with E-state index in [1.807, 2.05) is 42.5 Å². The third kappa shape index (κ3) is 5.27. The van der Waals surface area contributed by atoms with Crippen molar-refractivity contribution in [1.82, 2.24) is 5.32 Å². The molecule has 1 amide bonds. The van der Waals surface area contributed by atoms with Crippen LogP contribution in [0, 0.1) is 0 Å². The monoisotopic (exact) mass is 411 g/mol. The number of methoxy groups -OCH3 is 2. The molecule has 1 N–H and O–H groups in total. The number of carbonyl (C=O) groups excluding carboxylic acids is 2. The van der Waals surface area contributed by atoms with Crippen LogP contribution in [0.1, 0.15) is 11.1 Å². The lowest BCUT2D eigenvalue weighted by atomic mass is 10.0. The molecule has 0 aliphatic carbocycles.